The average molecular weight is 1150 g/mol. The molecule has 0 aromatic rings. The minimum atomic E-state index is -1.99. The molecule has 80 heavy (non-hydrogen) atoms. The SMILES string of the molecule is CCCCCCCCCCCCCCCCCCCCCCCC(=O)N[C@@H](CO[C@@H]1O[C@H](CO)[C@@H](O[C@@H]2O[C@H](CO)[C@@H](O[C@@H]3O[C@H](CO)[C@@H](O)[C@H](O)[C@@H]3O)[C@H](O)[C@@H]2O)[C@H](O)[C@H]1O)[C@H](O)[C@H](O)CCCCCCCCCCCCCC. The number of hydrogen-bond acceptors (Lipinski definition) is 19. The fraction of sp³-hybridized carbons (Fsp3) is 0.983. The summed E-state index contributed by atoms with van der Waals surface area (Å²) in [6.07, 6.45) is 11.7. The van der Waals surface area contributed by atoms with Crippen molar-refractivity contribution in [3.63, 3.8) is 0 Å². The Balaban J connectivity index is 1.48. The van der Waals surface area contributed by atoms with Gasteiger partial charge in [0.25, 0.3) is 0 Å². The number of carbonyl (C=O) groups excluding carboxylic acids is 1. The molecule has 20 heteroatoms. The standard InChI is InChI=1S/C60H115NO19/c1-3-5-7-9-11-13-15-17-18-19-20-21-22-23-24-25-27-29-31-33-35-37-47(66)61-42(48(67)43(65)36-34-32-30-28-26-16-14-12-10-8-6-4-2)41-75-58-54(73)51(70)56(45(39-63)77-58)80-60-55(74)52(71)57(46(40-64)78-60)79-59-53(72)50(69)49(68)44(38-62)76-59/h42-46,48-60,62-65,67-74H,3-41H2,1-2H3,(H,61,66)/t42-,43+,44+,45+,46+,48-,49+,50-,51+,52+,53-,54+,55-,56+,57+,58+,59-,60-/m0/s1. The van der Waals surface area contributed by atoms with E-state index in [0.29, 0.717) is 12.8 Å². The Morgan fingerprint density at radius 2 is 0.738 bits per heavy atom. The predicted molar refractivity (Wildman–Crippen MR) is 302 cm³/mol. The molecule has 0 aliphatic carbocycles. The van der Waals surface area contributed by atoms with Crippen molar-refractivity contribution in [3.05, 3.63) is 0 Å². The maximum Gasteiger partial charge on any atom is 0.220 e. The van der Waals surface area contributed by atoms with Crippen LogP contribution >= 0.6 is 0 Å². The van der Waals surface area contributed by atoms with Gasteiger partial charge in [-0.1, -0.05) is 219 Å². The Kier molecular flexibility index (Phi) is 40.4. The molecule has 0 saturated carbocycles. The van der Waals surface area contributed by atoms with Gasteiger partial charge in [0.1, 0.15) is 79.4 Å². The van der Waals surface area contributed by atoms with E-state index in [0.717, 1.165) is 51.4 Å². The van der Waals surface area contributed by atoms with Gasteiger partial charge in [-0.05, 0) is 12.8 Å². The van der Waals surface area contributed by atoms with Gasteiger partial charge in [-0.2, -0.15) is 0 Å². The van der Waals surface area contributed by atoms with Crippen LogP contribution in [0.4, 0.5) is 0 Å². The lowest BCUT2D eigenvalue weighted by atomic mass is 9.96. The lowest BCUT2D eigenvalue weighted by molar-refractivity contribution is -0.379. The second-order valence-corrected chi connectivity index (χ2v) is 23.4. The summed E-state index contributed by atoms with van der Waals surface area (Å²) in [5.74, 6) is -0.352. The molecule has 0 aromatic carbocycles. The zero-order valence-electron chi connectivity index (χ0n) is 49.2. The number of amides is 1. The number of hydrogen-bond donors (Lipinski definition) is 13. The van der Waals surface area contributed by atoms with Gasteiger partial charge in [0.15, 0.2) is 18.9 Å². The van der Waals surface area contributed by atoms with Crippen molar-refractivity contribution < 1.29 is 94.5 Å². The van der Waals surface area contributed by atoms with E-state index in [-0.39, 0.29) is 18.7 Å². The van der Waals surface area contributed by atoms with Crippen LogP contribution in [0.2, 0.25) is 0 Å². The molecular weight excluding hydrogens is 1040 g/mol. The zero-order valence-corrected chi connectivity index (χ0v) is 49.2. The molecule has 13 N–H and O–H groups in total. The van der Waals surface area contributed by atoms with Gasteiger partial charge in [0, 0.05) is 6.42 Å². The topological polar surface area (TPSA) is 327 Å². The third-order valence-electron chi connectivity index (χ3n) is 16.5. The summed E-state index contributed by atoms with van der Waals surface area (Å²) in [5, 5.41) is 131. The number of ether oxygens (including phenoxy) is 6. The Hall–Kier alpha value is -1.25. The highest BCUT2D eigenvalue weighted by Gasteiger charge is 2.53. The van der Waals surface area contributed by atoms with E-state index in [4.69, 9.17) is 28.4 Å². The molecule has 3 saturated heterocycles. The summed E-state index contributed by atoms with van der Waals surface area (Å²) >= 11 is 0. The summed E-state index contributed by atoms with van der Waals surface area (Å²) < 4.78 is 34.2. The molecule has 3 rings (SSSR count). The Morgan fingerprint density at radius 3 is 1.12 bits per heavy atom. The van der Waals surface area contributed by atoms with Crippen molar-refractivity contribution in [3.8, 4) is 0 Å². The molecule has 0 spiro atoms. The van der Waals surface area contributed by atoms with Crippen LogP contribution in [0.3, 0.4) is 0 Å². The van der Waals surface area contributed by atoms with Crippen LogP contribution in [-0.2, 0) is 33.2 Å². The van der Waals surface area contributed by atoms with Gasteiger partial charge in [-0.25, -0.2) is 0 Å². The minimum absolute atomic E-state index is 0.186. The van der Waals surface area contributed by atoms with Crippen molar-refractivity contribution in [1.29, 1.82) is 0 Å². The lowest BCUT2D eigenvalue weighted by Crippen LogP contribution is -2.66. The Labute approximate surface area is 479 Å². The Morgan fingerprint density at radius 1 is 0.412 bits per heavy atom. The second-order valence-electron chi connectivity index (χ2n) is 23.4. The molecule has 3 fully saturated rings. The number of aliphatic hydroxyl groups is 12. The van der Waals surface area contributed by atoms with Crippen LogP contribution in [0.25, 0.3) is 0 Å². The minimum Gasteiger partial charge on any atom is -0.394 e. The lowest BCUT2D eigenvalue weighted by Gasteiger charge is -2.48. The quantitative estimate of drug-likeness (QED) is 0.0341. The van der Waals surface area contributed by atoms with E-state index >= 15 is 0 Å². The fourth-order valence-corrected chi connectivity index (χ4v) is 11.2. The summed E-state index contributed by atoms with van der Waals surface area (Å²) in [4.78, 5) is 13.4. The number of rotatable bonds is 48. The third-order valence-corrected chi connectivity index (χ3v) is 16.5. The highest BCUT2D eigenvalue weighted by molar-refractivity contribution is 5.76. The van der Waals surface area contributed by atoms with Crippen LogP contribution in [0, 0.1) is 0 Å². The first kappa shape index (κ1) is 73.0. The van der Waals surface area contributed by atoms with Crippen molar-refractivity contribution in [2.45, 2.75) is 349 Å². The molecule has 1 amide bonds. The van der Waals surface area contributed by atoms with E-state index < -0.39 is 137 Å². The molecule has 18 atom stereocenters. The smallest absolute Gasteiger partial charge is 0.220 e. The normalized spacial score (nSPS) is 30.4. The van der Waals surface area contributed by atoms with E-state index in [2.05, 4.69) is 19.2 Å². The first-order valence-electron chi connectivity index (χ1n) is 31.9. The number of carbonyl (C=O) groups is 1. The molecule has 474 valence electrons. The number of nitrogens with one attached hydrogen (secondary N) is 1. The monoisotopic (exact) mass is 1150 g/mol. The maximum absolute atomic E-state index is 13.4. The van der Waals surface area contributed by atoms with Crippen molar-refractivity contribution >= 4 is 5.91 Å². The summed E-state index contributed by atoms with van der Waals surface area (Å²) in [6, 6.07) is -1.15. The van der Waals surface area contributed by atoms with E-state index in [1.54, 1.807) is 0 Å². The predicted octanol–water partition coefficient (Wildman–Crippen LogP) is 5.35. The van der Waals surface area contributed by atoms with E-state index in [1.807, 2.05) is 0 Å². The third kappa shape index (κ3) is 27.4. The summed E-state index contributed by atoms with van der Waals surface area (Å²) in [7, 11) is 0. The zero-order chi connectivity index (χ0) is 58.5. The molecule has 0 radical (unpaired) electrons. The van der Waals surface area contributed by atoms with Gasteiger partial charge in [-0.15, -0.1) is 0 Å². The van der Waals surface area contributed by atoms with Crippen LogP contribution in [0.5, 0.6) is 0 Å². The van der Waals surface area contributed by atoms with Crippen LogP contribution in [0.15, 0.2) is 0 Å². The van der Waals surface area contributed by atoms with Gasteiger partial charge in [-0.3, -0.25) is 4.79 Å². The average Bonchev–Trinajstić information content (AvgIpc) is 3.51. The number of aliphatic hydroxyl groups excluding tert-OH is 12. The van der Waals surface area contributed by atoms with Crippen molar-refractivity contribution in [2.24, 2.45) is 0 Å². The first-order valence-corrected chi connectivity index (χ1v) is 31.9. The molecule has 3 aliphatic rings. The van der Waals surface area contributed by atoms with E-state index in [9.17, 15) is 66.1 Å². The first-order chi connectivity index (χ1) is 38.7. The summed E-state index contributed by atoms with van der Waals surface area (Å²) in [5.41, 5.74) is 0. The fourth-order valence-electron chi connectivity index (χ4n) is 11.2. The molecule has 0 unspecified atom stereocenters. The largest absolute Gasteiger partial charge is 0.394 e. The van der Waals surface area contributed by atoms with Gasteiger partial charge in [0.2, 0.25) is 5.91 Å². The summed E-state index contributed by atoms with van der Waals surface area (Å²) in [6.45, 7) is 1.55. The molecule has 3 aliphatic heterocycles. The maximum atomic E-state index is 13.4. The van der Waals surface area contributed by atoms with Crippen molar-refractivity contribution in [2.75, 3.05) is 26.4 Å². The van der Waals surface area contributed by atoms with Gasteiger partial charge in [0.05, 0.1) is 38.6 Å². The van der Waals surface area contributed by atoms with Crippen LogP contribution in [0.1, 0.15) is 239 Å². The molecule has 0 aromatic heterocycles. The van der Waals surface area contributed by atoms with Gasteiger partial charge < -0.3 is 95.0 Å². The Bertz CT molecular complexity index is 1490. The van der Waals surface area contributed by atoms with Crippen molar-refractivity contribution in [1.82, 2.24) is 5.32 Å². The van der Waals surface area contributed by atoms with E-state index in [1.165, 1.54) is 148 Å². The highest BCUT2D eigenvalue weighted by atomic mass is 16.8. The molecule has 0 bridgehead atoms. The number of unbranched alkanes of at least 4 members (excludes halogenated alkanes) is 31. The second kappa shape index (κ2) is 44.2. The molecule has 3 heterocycles. The van der Waals surface area contributed by atoms with Crippen LogP contribution < -0.4 is 5.32 Å². The van der Waals surface area contributed by atoms with Gasteiger partial charge >= 0.3 is 0 Å². The highest BCUT2D eigenvalue weighted by Crippen LogP contribution is 2.33. The molecule has 20 nitrogen and oxygen atoms in total. The molecular formula is C60H115NO19. The van der Waals surface area contributed by atoms with Crippen LogP contribution in [-0.4, -0.2) is 204 Å².